The average molecular weight is 218 g/mol. The highest BCUT2D eigenvalue weighted by molar-refractivity contribution is 5.36. The third kappa shape index (κ3) is 2.14. The minimum Gasteiger partial charge on any atom is -0.317 e. The fourth-order valence-corrected chi connectivity index (χ4v) is 1.70. The summed E-state index contributed by atoms with van der Waals surface area (Å²) in [6, 6.07) is 10.7. The van der Waals surface area contributed by atoms with Gasteiger partial charge in [0.05, 0.1) is 5.69 Å². The van der Waals surface area contributed by atoms with E-state index in [0.29, 0.717) is 5.69 Å². The first-order chi connectivity index (χ1) is 7.83. The fraction of sp³-hybridized carbons (Fsp3) is 0.231. The van der Waals surface area contributed by atoms with Gasteiger partial charge in [-0.05, 0) is 30.8 Å². The maximum Gasteiger partial charge on any atom is 0.147 e. The second-order valence-electron chi connectivity index (χ2n) is 3.60. The molecule has 2 aromatic rings. The van der Waals surface area contributed by atoms with Gasteiger partial charge in [-0.15, -0.1) is 0 Å². The van der Waals surface area contributed by atoms with Crippen LogP contribution >= 0.6 is 0 Å². The molecule has 0 saturated heterocycles. The maximum atomic E-state index is 13.6. The third-order valence-corrected chi connectivity index (χ3v) is 2.50. The molecule has 0 aliphatic heterocycles. The summed E-state index contributed by atoms with van der Waals surface area (Å²) in [7, 11) is 0. The van der Waals surface area contributed by atoms with Crippen LogP contribution in [-0.4, -0.2) is 11.1 Å². The molecule has 1 N–H and O–H groups in total. The first-order valence-corrected chi connectivity index (χ1v) is 5.44. The van der Waals surface area contributed by atoms with Crippen LogP contribution in [-0.2, 0) is 6.54 Å². The second-order valence-corrected chi connectivity index (χ2v) is 3.60. The second kappa shape index (κ2) is 4.94. The molecular weight excluding hydrogens is 203 g/mol. The Bertz CT molecular complexity index is 462. The molecule has 0 saturated carbocycles. The molecule has 0 unspecified atom stereocenters. The van der Waals surface area contributed by atoms with Crippen molar-refractivity contribution in [2.75, 3.05) is 6.54 Å². The van der Waals surface area contributed by atoms with Crippen LogP contribution in [0.4, 0.5) is 4.39 Å². The summed E-state index contributed by atoms with van der Waals surface area (Å²) in [5, 5.41) is 3.24. The molecular formula is C13H15FN2. The van der Waals surface area contributed by atoms with Gasteiger partial charge in [0.25, 0.3) is 0 Å². The Morgan fingerprint density at radius 1 is 1.19 bits per heavy atom. The molecule has 16 heavy (non-hydrogen) atoms. The predicted octanol–water partition coefficient (Wildman–Crippen LogP) is 2.73. The van der Waals surface area contributed by atoms with Crippen molar-refractivity contribution < 1.29 is 4.39 Å². The SMILES string of the molecule is CCNCc1cccn1-c1ccccc1F. The Kier molecular flexibility index (Phi) is 3.37. The van der Waals surface area contributed by atoms with Gasteiger partial charge in [-0.25, -0.2) is 4.39 Å². The molecule has 2 rings (SSSR count). The van der Waals surface area contributed by atoms with Gasteiger partial charge in [0.15, 0.2) is 0 Å². The number of aromatic nitrogens is 1. The zero-order valence-electron chi connectivity index (χ0n) is 9.28. The van der Waals surface area contributed by atoms with Crippen LogP contribution < -0.4 is 5.32 Å². The Morgan fingerprint density at radius 2 is 2.00 bits per heavy atom. The summed E-state index contributed by atoms with van der Waals surface area (Å²) in [5.41, 5.74) is 1.66. The number of para-hydroxylation sites is 1. The lowest BCUT2D eigenvalue weighted by molar-refractivity contribution is 0.612. The van der Waals surface area contributed by atoms with Crippen LogP contribution in [0, 0.1) is 5.82 Å². The van der Waals surface area contributed by atoms with E-state index in [-0.39, 0.29) is 5.82 Å². The van der Waals surface area contributed by atoms with Crippen LogP contribution in [0.25, 0.3) is 5.69 Å². The highest BCUT2D eigenvalue weighted by atomic mass is 19.1. The molecule has 0 aliphatic carbocycles. The predicted molar refractivity (Wildman–Crippen MR) is 63.1 cm³/mol. The summed E-state index contributed by atoms with van der Waals surface area (Å²) >= 11 is 0. The number of hydrogen-bond donors (Lipinski definition) is 1. The minimum atomic E-state index is -0.198. The van der Waals surface area contributed by atoms with E-state index in [2.05, 4.69) is 12.2 Å². The van der Waals surface area contributed by atoms with E-state index in [0.717, 1.165) is 18.8 Å². The number of nitrogens with zero attached hydrogens (tertiary/aromatic N) is 1. The fourth-order valence-electron chi connectivity index (χ4n) is 1.70. The standard InChI is InChI=1S/C13H15FN2/c1-2-15-10-11-6-5-9-16(11)13-8-4-3-7-12(13)14/h3-9,15H,2,10H2,1H3. The molecule has 84 valence electrons. The van der Waals surface area contributed by atoms with Crippen molar-refractivity contribution in [2.24, 2.45) is 0 Å². The lowest BCUT2D eigenvalue weighted by Gasteiger charge is -2.10. The van der Waals surface area contributed by atoms with Gasteiger partial charge in [0.2, 0.25) is 0 Å². The number of benzene rings is 1. The smallest absolute Gasteiger partial charge is 0.147 e. The highest BCUT2D eigenvalue weighted by Gasteiger charge is 2.06. The first kappa shape index (κ1) is 10.9. The average Bonchev–Trinajstić information content (AvgIpc) is 2.75. The van der Waals surface area contributed by atoms with Gasteiger partial charge < -0.3 is 9.88 Å². The quantitative estimate of drug-likeness (QED) is 0.835. The minimum absolute atomic E-state index is 0.198. The largest absolute Gasteiger partial charge is 0.317 e. The molecule has 3 heteroatoms. The normalized spacial score (nSPS) is 10.6. The van der Waals surface area contributed by atoms with Gasteiger partial charge >= 0.3 is 0 Å². The summed E-state index contributed by atoms with van der Waals surface area (Å²) in [6.45, 7) is 3.71. The summed E-state index contributed by atoms with van der Waals surface area (Å²) in [6.07, 6.45) is 1.88. The number of rotatable bonds is 4. The Labute approximate surface area is 94.7 Å². The molecule has 0 aliphatic rings. The van der Waals surface area contributed by atoms with Crippen LogP contribution in [0.3, 0.4) is 0 Å². The maximum absolute atomic E-state index is 13.6. The molecule has 0 bridgehead atoms. The van der Waals surface area contributed by atoms with Crippen molar-refractivity contribution in [3.05, 3.63) is 54.1 Å². The van der Waals surface area contributed by atoms with E-state index < -0.39 is 0 Å². The summed E-state index contributed by atoms with van der Waals surface area (Å²) < 4.78 is 15.5. The van der Waals surface area contributed by atoms with Crippen LogP contribution in [0.2, 0.25) is 0 Å². The number of hydrogen-bond acceptors (Lipinski definition) is 1. The molecule has 1 aromatic heterocycles. The van der Waals surface area contributed by atoms with Crippen molar-refractivity contribution in [1.82, 2.24) is 9.88 Å². The lowest BCUT2D eigenvalue weighted by atomic mass is 10.3. The van der Waals surface area contributed by atoms with Gasteiger partial charge in [0, 0.05) is 18.4 Å². The van der Waals surface area contributed by atoms with E-state index in [1.54, 1.807) is 12.1 Å². The molecule has 0 radical (unpaired) electrons. The van der Waals surface area contributed by atoms with Crippen LogP contribution in [0.5, 0.6) is 0 Å². The molecule has 2 nitrogen and oxygen atoms in total. The van der Waals surface area contributed by atoms with Crippen molar-refractivity contribution in [3.8, 4) is 5.69 Å². The van der Waals surface area contributed by atoms with E-state index in [1.807, 2.05) is 29.0 Å². The zero-order chi connectivity index (χ0) is 11.4. The summed E-state index contributed by atoms with van der Waals surface area (Å²) in [4.78, 5) is 0. The molecule has 0 fully saturated rings. The molecule has 0 spiro atoms. The monoisotopic (exact) mass is 218 g/mol. The van der Waals surface area contributed by atoms with Gasteiger partial charge in [-0.2, -0.15) is 0 Å². The first-order valence-electron chi connectivity index (χ1n) is 5.44. The Hall–Kier alpha value is -1.61. The molecule has 1 aromatic carbocycles. The van der Waals surface area contributed by atoms with Gasteiger partial charge in [0.1, 0.15) is 5.82 Å². The topological polar surface area (TPSA) is 17.0 Å². The van der Waals surface area contributed by atoms with Crippen molar-refractivity contribution in [3.63, 3.8) is 0 Å². The van der Waals surface area contributed by atoms with E-state index in [4.69, 9.17) is 0 Å². The highest BCUT2D eigenvalue weighted by Crippen LogP contribution is 2.15. The number of halogens is 1. The molecule has 0 atom stereocenters. The van der Waals surface area contributed by atoms with E-state index in [9.17, 15) is 4.39 Å². The van der Waals surface area contributed by atoms with Gasteiger partial charge in [-0.1, -0.05) is 19.1 Å². The molecule has 0 amide bonds. The van der Waals surface area contributed by atoms with E-state index >= 15 is 0 Å². The van der Waals surface area contributed by atoms with Crippen molar-refractivity contribution in [1.29, 1.82) is 0 Å². The van der Waals surface area contributed by atoms with Crippen molar-refractivity contribution >= 4 is 0 Å². The van der Waals surface area contributed by atoms with Crippen molar-refractivity contribution in [2.45, 2.75) is 13.5 Å². The van der Waals surface area contributed by atoms with Gasteiger partial charge in [-0.3, -0.25) is 0 Å². The Balaban J connectivity index is 2.33. The van der Waals surface area contributed by atoms with E-state index in [1.165, 1.54) is 6.07 Å². The zero-order valence-corrected chi connectivity index (χ0v) is 9.28. The Morgan fingerprint density at radius 3 is 2.75 bits per heavy atom. The number of nitrogens with one attached hydrogen (secondary N) is 1. The lowest BCUT2D eigenvalue weighted by Crippen LogP contribution is -2.14. The summed E-state index contributed by atoms with van der Waals surface area (Å²) in [5.74, 6) is -0.198. The third-order valence-electron chi connectivity index (χ3n) is 2.50. The van der Waals surface area contributed by atoms with Crippen LogP contribution in [0.1, 0.15) is 12.6 Å². The van der Waals surface area contributed by atoms with Crippen LogP contribution in [0.15, 0.2) is 42.6 Å². The molecule has 1 heterocycles.